The number of nitrogens with two attached hydrogens (primary N) is 1. The fourth-order valence-electron chi connectivity index (χ4n) is 1.88. The van der Waals surface area contributed by atoms with Gasteiger partial charge >= 0.3 is 0 Å². The van der Waals surface area contributed by atoms with E-state index in [1.54, 1.807) is 6.20 Å². The number of likely N-dealkylation sites (N-methyl/N-ethyl adjacent to an activating group) is 1. The van der Waals surface area contributed by atoms with Crippen molar-refractivity contribution in [3.63, 3.8) is 0 Å². The lowest BCUT2D eigenvalue weighted by Gasteiger charge is -2.21. The van der Waals surface area contributed by atoms with Gasteiger partial charge in [-0.25, -0.2) is 4.98 Å². The fraction of sp³-hybridized carbons (Fsp3) is 0.615. The SMILES string of the molecule is CCCOCC(NCC)c1c(C)ccnc1N. The van der Waals surface area contributed by atoms with Crippen molar-refractivity contribution in [3.05, 3.63) is 23.4 Å². The number of anilines is 1. The van der Waals surface area contributed by atoms with Crippen LogP contribution in [0.3, 0.4) is 0 Å². The summed E-state index contributed by atoms with van der Waals surface area (Å²) in [5, 5.41) is 3.39. The van der Waals surface area contributed by atoms with E-state index in [2.05, 4.69) is 31.1 Å². The van der Waals surface area contributed by atoms with E-state index >= 15 is 0 Å². The third kappa shape index (κ3) is 3.98. The Morgan fingerprint density at radius 1 is 1.47 bits per heavy atom. The highest BCUT2D eigenvalue weighted by atomic mass is 16.5. The lowest BCUT2D eigenvalue weighted by Crippen LogP contribution is -2.27. The molecule has 0 saturated heterocycles. The molecule has 0 aliphatic heterocycles. The molecule has 0 radical (unpaired) electrons. The molecule has 0 saturated carbocycles. The summed E-state index contributed by atoms with van der Waals surface area (Å²) < 4.78 is 5.62. The molecular formula is C13H23N3O. The molecule has 96 valence electrons. The van der Waals surface area contributed by atoms with E-state index in [9.17, 15) is 0 Å². The van der Waals surface area contributed by atoms with Gasteiger partial charge in [0.25, 0.3) is 0 Å². The first-order valence-corrected chi connectivity index (χ1v) is 6.22. The first kappa shape index (κ1) is 13.9. The Labute approximate surface area is 104 Å². The molecule has 1 aromatic heterocycles. The Hall–Kier alpha value is -1.13. The standard InChI is InChI=1S/C13H23N3O/c1-4-8-17-9-11(15-5-2)12-10(3)6-7-16-13(12)14/h6-7,11,15H,4-5,8-9H2,1-3H3,(H2,14,16). The monoisotopic (exact) mass is 237 g/mol. The number of nitrogens with zero attached hydrogens (tertiary/aromatic N) is 1. The molecule has 0 spiro atoms. The summed E-state index contributed by atoms with van der Waals surface area (Å²) in [6.45, 7) is 8.53. The van der Waals surface area contributed by atoms with Gasteiger partial charge in [0.05, 0.1) is 12.6 Å². The van der Waals surface area contributed by atoms with Crippen LogP contribution in [0.4, 0.5) is 5.82 Å². The first-order chi connectivity index (χ1) is 8.20. The Morgan fingerprint density at radius 3 is 2.82 bits per heavy atom. The maximum Gasteiger partial charge on any atom is 0.128 e. The minimum Gasteiger partial charge on any atom is -0.383 e. The fourth-order valence-corrected chi connectivity index (χ4v) is 1.88. The molecule has 1 aromatic rings. The minimum atomic E-state index is 0.125. The largest absolute Gasteiger partial charge is 0.383 e. The summed E-state index contributed by atoms with van der Waals surface area (Å²) in [6.07, 6.45) is 2.77. The summed E-state index contributed by atoms with van der Waals surface area (Å²) in [5.74, 6) is 0.594. The third-order valence-corrected chi connectivity index (χ3v) is 2.67. The zero-order valence-corrected chi connectivity index (χ0v) is 11.0. The van der Waals surface area contributed by atoms with Gasteiger partial charge in [-0.1, -0.05) is 13.8 Å². The molecule has 4 nitrogen and oxygen atoms in total. The molecule has 17 heavy (non-hydrogen) atoms. The summed E-state index contributed by atoms with van der Waals surface area (Å²) in [6, 6.07) is 2.11. The van der Waals surface area contributed by atoms with Crippen LogP contribution in [-0.2, 0) is 4.74 Å². The van der Waals surface area contributed by atoms with Crippen molar-refractivity contribution >= 4 is 5.82 Å². The van der Waals surface area contributed by atoms with Crippen LogP contribution in [0.25, 0.3) is 0 Å². The van der Waals surface area contributed by atoms with Crippen molar-refractivity contribution in [2.24, 2.45) is 0 Å². The molecule has 3 N–H and O–H groups in total. The minimum absolute atomic E-state index is 0.125. The normalized spacial score (nSPS) is 12.6. The third-order valence-electron chi connectivity index (χ3n) is 2.67. The molecular weight excluding hydrogens is 214 g/mol. The van der Waals surface area contributed by atoms with E-state index in [4.69, 9.17) is 10.5 Å². The van der Waals surface area contributed by atoms with Crippen LogP contribution < -0.4 is 11.1 Å². The lowest BCUT2D eigenvalue weighted by atomic mass is 10.0. The second kappa shape index (κ2) is 7.25. The van der Waals surface area contributed by atoms with E-state index in [0.29, 0.717) is 12.4 Å². The highest BCUT2D eigenvalue weighted by Crippen LogP contribution is 2.22. The second-order valence-electron chi connectivity index (χ2n) is 4.11. The maximum atomic E-state index is 5.95. The number of hydrogen-bond donors (Lipinski definition) is 2. The van der Waals surface area contributed by atoms with Crippen molar-refractivity contribution in [2.75, 3.05) is 25.5 Å². The number of pyridine rings is 1. The molecule has 0 aromatic carbocycles. The first-order valence-electron chi connectivity index (χ1n) is 6.22. The Morgan fingerprint density at radius 2 is 2.24 bits per heavy atom. The average molecular weight is 237 g/mol. The highest BCUT2D eigenvalue weighted by molar-refractivity contribution is 5.46. The number of nitrogen functional groups attached to an aromatic ring is 1. The van der Waals surface area contributed by atoms with Crippen LogP contribution in [0.2, 0.25) is 0 Å². The Kier molecular flexibility index (Phi) is 5.94. The highest BCUT2D eigenvalue weighted by Gasteiger charge is 2.16. The van der Waals surface area contributed by atoms with Gasteiger partial charge < -0.3 is 15.8 Å². The van der Waals surface area contributed by atoms with Crippen LogP contribution in [0.5, 0.6) is 0 Å². The van der Waals surface area contributed by atoms with E-state index in [0.717, 1.165) is 30.7 Å². The van der Waals surface area contributed by atoms with Gasteiger partial charge in [-0.05, 0) is 31.5 Å². The van der Waals surface area contributed by atoms with Crippen molar-refractivity contribution in [2.45, 2.75) is 33.2 Å². The molecule has 1 heterocycles. The van der Waals surface area contributed by atoms with Gasteiger partial charge in [-0.15, -0.1) is 0 Å². The van der Waals surface area contributed by atoms with E-state index in [-0.39, 0.29) is 6.04 Å². The van der Waals surface area contributed by atoms with E-state index in [1.807, 2.05) is 6.07 Å². The molecule has 4 heteroatoms. The second-order valence-corrected chi connectivity index (χ2v) is 4.11. The summed E-state index contributed by atoms with van der Waals surface area (Å²) in [5.41, 5.74) is 8.17. The van der Waals surface area contributed by atoms with Crippen LogP contribution in [0, 0.1) is 6.92 Å². The van der Waals surface area contributed by atoms with Crippen LogP contribution >= 0.6 is 0 Å². The number of aromatic nitrogens is 1. The van der Waals surface area contributed by atoms with Gasteiger partial charge in [-0.3, -0.25) is 0 Å². The average Bonchev–Trinajstić information content (AvgIpc) is 2.29. The smallest absolute Gasteiger partial charge is 0.128 e. The van der Waals surface area contributed by atoms with Gasteiger partial charge in [0.1, 0.15) is 5.82 Å². The predicted octanol–water partition coefficient (Wildman–Crippen LogP) is 2.05. The zero-order chi connectivity index (χ0) is 12.7. The van der Waals surface area contributed by atoms with Gasteiger partial charge in [0.15, 0.2) is 0 Å². The number of rotatable bonds is 7. The van der Waals surface area contributed by atoms with Crippen LogP contribution in [0.15, 0.2) is 12.3 Å². The van der Waals surface area contributed by atoms with Crippen molar-refractivity contribution in [3.8, 4) is 0 Å². The van der Waals surface area contributed by atoms with Gasteiger partial charge in [0, 0.05) is 18.4 Å². The lowest BCUT2D eigenvalue weighted by molar-refractivity contribution is 0.112. The van der Waals surface area contributed by atoms with Crippen LogP contribution in [-0.4, -0.2) is 24.7 Å². The topological polar surface area (TPSA) is 60.2 Å². The molecule has 0 aliphatic rings. The number of hydrogen-bond acceptors (Lipinski definition) is 4. The number of nitrogens with one attached hydrogen (secondary N) is 1. The summed E-state index contributed by atoms with van der Waals surface area (Å²) >= 11 is 0. The molecule has 0 amide bonds. The van der Waals surface area contributed by atoms with Crippen molar-refractivity contribution in [1.29, 1.82) is 0 Å². The molecule has 1 atom stereocenters. The summed E-state index contributed by atoms with van der Waals surface area (Å²) in [4.78, 5) is 4.15. The molecule has 0 aliphatic carbocycles. The molecule has 0 fully saturated rings. The Bertz CT molecular complexity index is 321. The van der Waals surface area contributed by atoms with E-state index < -0.39 is 0 Å². The number of ether oxygens (including phenoxy) is 1. The predicted molar refractivity (Wildman–Crippen MR) is 70.9 cm³/mol. The number of aryl methyl sites for hydroxylation is 1. The molecule has 1 unspecified atom stereocenters. The van der Waals surface area contributed by atoms with Crippen molar-refractivity contribution in [1.82, 2.24) is 10.3 Å². The van der Waals surface area contributed by atoms with Gasteiger partial charge in [0.2, 0.25) is 0 Å². The van der Waals surface area contributed by atoms with Crippen LogP contribution in [0.1, 0.15) is 37.4 Å². The Balaban J connectivity index is 2.81. The zero-order valence-electron chi connectivity index (χ0n) is 11.0. The maximum absolute atomic E-state index is 5.95. The molecule has 1 rings (SSSR count). The van der Waals surface area contributed by atoms with Gasteiger partial charge in [-0.2, -0.15) is 0 Å². The quantitative estimate of drug-likeness (QED) is 0.713. The van der Waals surface area contributed by atoms with Crippen molar-refractivity contribution < 1.29 is 4.74 Å². The van der Waals surface area contributed by atoms with E-state index in [1.165, 1.54) is 0 Å². The molecule has 0 bridgehead atoms. The summed E-state index contributed by atoms with van der Waals surface area (Å²) in [7, 11) is 0.